The molecule has 0 spiro atoms. The van der Waals surface area contributed by atoms with E-state index in [0.29, 0.717) is 18.7 Å². The highest BCUT2D eigenvalue weighted by Gasteiger charge is 2.31. The van der Waals surface area contributed by atoms with Crippen LogP contribution in [0.4, 0.5) is 10.5 Å². The van der Waals surface area contributed by atoms with Crippen molar-refractivity contribution in [2.45, 2.75) is 39.4 Å². The maximum absolute atomic E-state index is 12.7. The molecule has 7 nitrogen and oxygen atoms in total. The molecule has 7 heteroatoms. The SMILES string of the molecule is Cc1cccc(NC(=O)N2C[C@@H](C)N(Cc3ccc(C(=O)NO)cc3)[C@@H](C)C2)c1. The van der Waals surface area contributed by atoms with E-state index in [4.69, 9.17) is 5.21 Å². The van der Waals surface area contributed by atoms with Crippen LogP contribution in [0.15, 0.2) is 48.5 Å². The van der Waals surface area contributed by atoms with E-state index in [9.17, 15) is 9.59 Å². The van der Waals surface area contributed by atoms with Gasteiger partial charge in [0.2, 0.25) is 0 Å². The zero-order valence-electron chi connectivity index (χ0n) is 17.1. The van der Waals surface area contributed by atoms with E-state index in [1.165, 1.54) is 0 Å². The Balaban J connectivity index is 1.60. The molecule has 1 fully saturated rings. The van der Waals surface area contributed by atoms with Gasteiger partial charge in [-0.05, 0) is 56.2 Å². The Bertz CT molecular complexity index is 857. The number of amides is 3. The van der Waals surface area contributed by atoms with E-state index in [-0.39, 0.29) is 18.1 Å². The Labute approximate surface area is 171 Å². The van der Waals surface area contributed by atoms with Crippen LogP contribution in [0.25, 0.3) is 0 Å². The second-order valence-electron chi connectivity index (χ2n) is 7.71. The lowest BCUT2D eigenvalue weighted by Crippen LogP contribution is -2.58. The van der Waals surface area contributed by atoms with E-state index >= 15 is 0 Å². The summed E-state index contributed by atoms with van der Waals surface area (Å²) < 4.78 is 0. The van der Waals surface area contributed by atoms with Crippen molar-refractivity contribution >= 4 is 17.6 Å². The van der Waals surface area contributed by atoms with Gasteiger partial charge >= 0.3 is 6.03 Å². The smallest absolute Gasteiger partial charge is 0.321 e. The fraction of sp³-hybridized carbons (Fsp3) is 0.364. The molecule has 2 aromatic rings. The maximum Gasteiger partial charge on any atom is 0.321 e. The van der Waals surface area contributed by atoms with E-state index < -0.39 is 5.91 Å². The summed E-state index contributed by atoms with van der Waals surface area (Å²) in [5.41, 5.74) is 5.05. The van der Waals surface area contributed by atoms with Crippen molar-refractivity contribution in [1.82, 2.24) is 15.3 Å². The number of hydroxylamine groups is 1. The van der Waals surface area contributed by atoms with E-state index in [1.807, 2.05) is 48.2 Å². The predicted octanol–water partition coefficient (Wildman–Crippen LogP) is 3.24. The fourth-order valence-electron chi connectivity index (χ4n) is 3.80. The van der Waals surface area contributed by atoms with Crippen molar-refractivity contribution in [3.05, 3.63) is 65.2 Å². The normalized spacial score (nSPS) is 19.7. The van der Waals surface area contributed by atoms with Crippen molar-refractivity contribution in [2.75, 3.05) is 18.4 Å². The minimum absolute atomic E-state index is 0.0756. The Hall–Kier alpha value is -2.90. The Kier molecular flexibility index (Phi) is 6.51. The lowest BCUT2D eigenvalue weighted by atomic mass is 10.1. The molecule has 0 bridgehead atoms. The van der Waals surface area contributed by atoms with Crippen LogP contribution in [0.2, 0.25) is 0 Å². The van der Waals surface area contributed by atoms with Gasteiger partial charge in [0.15, 0.2) is 0 Å². The number of carbonyl (C=O) groups is 2. The molecule has 3 amide bonds. The van der Waals surface area contributed by atoms with Crippen LogP contribution in [0, 0.1) is 6.92 Å². The zero-order valence-corrected chi connectivity index (χ0v) is 17.1. The van der Waals surface area contributed by atoms with Crippen molar-refractivity contribution in [1.29, 1.82) is 0 Å². The second kappa shape index (κ2) is 9.07. The van der Waals surface area contributed by atoms with Gasteiger partial charge < -0.3 is 10.2 Å². The van der Waals surface area contributed by atoms with Gasteiger partial charge in [0.25, 0.3) is 5.91 Å². The minimum atomic E-state index is -0.522. The molecule has 0 saturated carbocycles. The predicted molar refractivity (Wildman–Crippen MR) is 112 cm³/mol. The highest BCUT2D eigenvalue weighted by molar-refractivity contribution is 5.93. The van der Waals surface area contributed by atoms with Gasteiger partial charge in [0.1, 0.15) is 0 Å². The summed E-state index contributed by atoms with van der Waals surface area (Å²) in [6.45, 7) is 8.27. The van der Waals surface area contributed by atoms with Gasteiger partial charge in [-0.1, -0.05) is 24.3 Å². The van der Waals surface area contributed by atoms with Crippen LogP contribution in [-0.2, 0) is 6.54 Å². The van der Waals surface area contributed by atoms with Gasteiger partial charge in [-0.15, -0.1) is 0 Å². The first-order chi connectivity index (χ1) is 13.9. The van der Waals surface area contributed by atoms with E-state index in [0.717, 1.165) is 23.4 Å². The lowest BCUT2D eigenvalue weighted by molar-refractivity contribution is 0.0526. The summed E-state index contributed by atoms with van der Waals surface area (Å²) in [6, 6.07) is 15.3. The first-order valence-corrected chi connectivity index (χ1v) is 9.79. The highest BCUT2D eigenvalue weighted by atomic mass is 16.5. The number of nitrogens with zero attached hydrogens (tertiary/aromatic N) is 2. The summed E-state index contributed by atoms with van der Waals surface area (Å²) in [6.07, 6.45) is 0. The Morgan fingerprint density at radius 2 is 1.72 bits per heavy atom. The third-order valence-corrected chi connectivity index (χ3v) is 5.34. The number of anilines is 1. The molecule has 3 rings (SSSR count). The number of benzene rings is 2. The largest absolute Gasteiger partial charge is 0.321 e. The summed E-state index contributed by atoms with van der Waals surface area (Å²) in [7, 11) is 0. The number of carbonyl (C=O) groups excluding carboxylic acids is 2. The van der Waals surface area contributed by atoms with Crippen LogP contribution in [0.1, 0.15) is 35.3 Å². The standard InChI is InChI=1S/C22H28N4O3/c1-15-5-4-6-20(11-15)23-22(28)25-12-16(2)26(17(3)13-25)14-18-7-9-19(10-8-18)21(27)24-29/h4-11,16-17,29H,12-14H2,1-3H3,(H,23,28)(H,24,27)/t16-,17+. The Morgan fingerprint density at radius 3 is 2.31 bits per heavy atom. The first-order valence-electron chi connectivity index (χ1n) is 9.79. The summed E-state index contributed by atoms with van der Waals surface area (Å²) in [5, 5.41) is 11.7. The monoisotopic (exact) mass is 396 g/mol. The summed E-state index contributed by atoms with van der Waals surface area (Å²) >= 11 is 0. The number of urea groups is 1. The van der Waals surface area contributed by atoms with Crippen LogP contribution in [-0.4, -0.2) is 52.1 Å². The molecular formula is C22H28N4O3. The third-order valence-electron chi connectivity index (χ3n) is 5.34. The Morgan fingerprint density at radius 1 is 1.07 bits per heavy atom. The molecule has 0 radical (unpaired) electrons. The lowest BCUT2D eigenvalue weighted by Gasteiger charge is -2.44. The van der Waals surface area contributed by atoms with Crippen molar-refractivity contribution in [2.24, 2.45) is 0 Å². The highest BCUT2D eigenvalue weighted by Crippen LogP contribution is 2.20. The molecule has 1 heterocycles. The van der Waals surface area contributed by atoms with Crippen molar-refractivity contribution < 1.29 is 14.8 Å². The average molecular weight is 396 g/mol. The topological polar surface area (TPSA) is 84.9 Å². The molecule has 1 aliphatic heterocycles. The van der Waals surface area contributed by atoms with Gasteiger partial charge in [-0.2, -0.15) is 0 Å². The van der Waals surface area contributed by atoms with Crippen LogP contribution in [0.5, 0.6) is 0 Å². The van der Waals surface area contributed by atoms with Crippen LogP contribution >= 0.6 is 0 Å². The van der Waals surface area contributed by atoms with Gasteiger partial charge in [-0.25, -0.2) is 10.3 Å². The molecule has 1 aliphatic rings. The summed E-state index contributed by atoms with van der Waals surface area (Å²) in [4.78, 5) is 28.4. The molecule has 0 aromatic heterocycles. The summed E-state index contributed by atoms with van der Waals surface area (Å²) in [5.74, 6) is -0.522. The molecule has 154 valence electrons. The molecule has 2 atom stereocenters. The second-order valence-corrected chi connectivity index (χ2v) is 7.71. The molecule has 1 saturated heterocycles. The van der Waals surface area contributed by atoms with Gasteiger partial charge in [0, 0.05) is 43.0 Å². The number of hydrogen-bond donors (Lipinski definition) is 3. The molecule has 3 N–H and O–H groups in total. The van der Waals surface area contributed by atoms with Crippen molar-refractivity contribution in [3.63, 3.8) is 0 Å². The van der Waals surface area contributed by atoms with Crippen molar-refractivity contribution in [3.8, 4) is 0 Å². The molecular weight excluding hydrogens is 368 g/mol. The molecule has 29 heavy (non-hydrogen) atoms. The number of rotatable bonds is 4. The molecule has 0 unspecified atom stereocenters. The average Bonchev–Trinajstić information content (AvgIpc) is 2.70. The van der Waals surface area contributed by atoms with E-state index in [2.05, 4.69) is 24.1 Å². The number of piperazine rings is 1. The number of aryl methyl sites for hydroxylation is 1. The van der Waals surface area contributed by atoms with E-state index in [1.54, 1.807) is 17.6 Å². The zero-order chi connectivity index (χ0) is 21.0. The quantitative estimate of drug-likeness (QED) is 0.547. The molecule has 2 aromatic carbocycles. The maximum atomic E-state index is 12.7. The first kappa shape index (κ1) is 20.8. The third kappa shape index (κ3) is 5.13. The van der Waals surface area contributed by atoms with Gasteiger partial charge in [0.05, 0.1) is 0 Å². The van der Waals surface area contributed by atoms with Crippen LogP contribution < -0.4 is 10.8 Å². The number of hydrogen-bond acceptors (Lipinski definition) is 4. The molecule has 0 aliphatic carbocycles. The van der Waals surface area contributed by atoms with Crippen LogP contribution in [0.3, 0.4) is 0 Å². The number of nitrogens with one attached hydrogen (secondary N) is 2. The fourth-order valence-corrected chi connectivity index (χ4v) is 3.80. The van der Waals surface area contributed by atoms with Gasteiger partial charge in [-0.3, -0.25) is 14.9 Å². The minimum Gasteiger partial charge on any atom is -0.321 e.